The number of ether oxygens (including phenoxy) is 1. The molecule has 0 saturated carbocycles. The molecule has 3 aromatic carbocycles. The van der Waals surface area contributed by atoms with Gasteiger partial charge in [-0.05, 0) is 80.1 Å². The van der Waals surface area contributed by atoms with Crippen LogP contribution in [0.5, 0.6) is 0 Å². The van der Waals surface area contributed by atoms with Crippen LogP contribution in [-0.4, -0.2) is 35.3 Å². The van der Waals surface area contributed by atoms with Crippen LogP contribution in [0.3, 0.4) is 0 Å². The quantitative estimate of drug-likeness (QED) is 0.225. The Morgan fingerprint density at radius 2 is 1.76 bits per heavy atom. The summed E-state index contributed by atoms with van der Waals surface area (Å²) in [5.41, 5.74) is 7.55. The van der Waals surface area contributed by atoms with Crippen molar-refractivity contribution in [2.45, 2.75) is 59.9 Å². The Morgan fingerprint density at radius 3 is 2.45 bits per heavy atom. The normalized spacial score (nSPS) is 11.9. The number of anilines is 2. The van der Waals surface area contributed by atoms with Gasteiger partial charge in [-0.3, -0.25) is 5.32 Å². The van der Waals surface area contributed by atoms with E-state index in [1.165, 1.54) is 11.1 Å². The summed E-state index contributed by atoms with van der Waals surface area (Å²) >= 11 is 0. The number of nitrogens with zero attached hydrogens (tertiary/aromatic N) is 3. The van der Waals surface area contributed by atoms with Gasteiger partial charge in [0.15, 0.2) is 0 Å². The average molecular weight is 513 g/mol. The van der Waals surface area contributed by atoms with E-state index in [0.29, 0.717) is 12.3 Å². The molecule has 0 radical (unpaired) electrons. The molecule has 0 aliphatic rings. The van der Waals surface area contributed by atoms with Gasteiger partial charge in [-0.15, -0.1) is 0 Å². The number of imidazole rings is 1. The average Bonchev–Trinajstić information content (AvgIpc) is 3.27. The molecule has 0 fully saturated rings. The molecule has 0 spiro atoms. The zero-order chi connectivity index (χ0) is 27.1. The maximum atomic E-state index is 12.6. The van der Waals surface area contributed by atoms with E-state index in [4.69, 9.17) is 9.72 Å². The summed E-state index contributed by atoms with van der Waals surface area (Å²) in [6.45, 7) is 13.6. The summed E-state index contributed by atoms with van der Waals surface area (Å²) in [4.78, 5) is 19.7. The van der Waals surface area contributed by atoms with E-state index in [2.05, 4.69) is 78.9 Å². The minimum absolute atomic E-state index is 0.249. The van der Waals surface area contributed by atoms with Crippen molar-refractivity contribution in [1.82, 2.24) is 9.55 Å². The third-order valence-electron chi connectivity index (χ3n) is 7.37. The molecule has 0 saturated heterocycles. The number of hydrogen-bond donors (Lipinski definition) is 1. The molecule has 1 N–H and O–H groups in total. The first-order valence-electron chi connectivity index (χ1n) is 13.8. The molecule has 0 aliphatic heterocycles. The predicted molar refractivity (Wildman–Crippen MR) is 157 cm³/mol. The molecule has 6 nitrogen and oxygen atoms in total. The fourth-order valence-corrected chi connectivity index (χ4v) is 4.82. The molecule has 6 heteroatoms. The second kappa shape index (κ2) is 12.6. The Balaban J connectivity index is 1.41. The van der Waals surface area contributed by atoms with Gasteiger partial charge in [0.05, 0.1) is 11.0 Å². The SMILES string of the molecule is CCC(C)c1ccc(Cn2c(CCOC(=O)Nc3ccc(N(CC)CC)cc3C)nc3ccccc32)cc1. The van der Waals surface area contributed by atoms with Crippen LogP contribution in [0.4, 0.5) is 16.2 Å². The second-order valence-corrected chi connectivity index (χ2v) is 9.84. The third kappa shape index (κ3) is 6.36. The predicted octanol–water partition coefficient (Wildman–Crippen LogP) is 7.54. The largest absolute Gasteiger partial charge is 0.449 e. The van der Waals surface area contributed by atoms with Crippen molar-refractivity contribution in [2.75, 3.05) is 29.9 Å². The molecule has 4 aromatic rings. The van der Waals surface area contributed by atoms with Crippen LogP contribution in [0.15, 0.2) is 66.7 Å². The number of hydrogen-bond acceptors (Lipinski definition) is 4. The molecule has 1 amide bonds. The summed E-state index contributed by atoms with van der Waals surface area (Å²) in [6, 6.07) is 23.1. The van der Waals surface area contributed by atoms with Crippen LogP contribution < -0.4 is 10.2 Å². The fourth-order valence-electron chi connectivity index (χ4n) is 4.82. The number of benzene rings is 3. The Kier molecular flexibility index (Phi) is 9.06. The molecule has 0 aliphatic carbocycles. The number of fused-ring (bicyclic) bond motifs is 1. The van der Waals surface area contributed by atoms with Gasteiger partial charge in [-0.25, -0.2) is 9.78 Å². The lowest BCUT2D eigenvalue weighted by Crippen LogP contribution is -2.22. The molecule has 1 atom stereocenters. The maximum absolute atomic E-state index is 12.6. The van der Waals surface area contributed by atoms with E-state index in [0.717, 1.165) is 59.9 Å². The van der Waals surface area contributed by atoms with Gasteiger partial charge >= 0.3 is 6.09 Å². The van der Waals surface area contributed by atoms with E-state index >= 15 is 0 Å². The Labute approximate surface area is 226 Å². The zero-order valence-electron chi connectivity index (χ0n) is 23.3. The van der Waals surface area contributed by atoms with Gasteiger partial charge in [-0.1, -0.05) is 50.2 Å². The van der Waals surface area contributed by atoms with Gasteiger partial charge in [-0.2, -0.15) is 0 Å². The summed E-state index contributed by atoms with van der Waals surface area (Å²) in [6.07, 6.45) is 1.21. The van der Waals surface area contributed by atoms with E-state index in [1.54, 1.807) is 0 Å². The van der Waals surface area contributed by atoms with Crippen molar-refractivity contribution in [3.63, 3.8) is 0 Å². The van der Waals surface area contributed by atoms with Crippen molar-refractivity contribution in [2.24, 2.45) is 0 Å². The number of aromatic nitrogens is 2. The van der Waals surface area contributed by atoms with Crippen molar-refractivity contribution in [3.8, 4) is 0 Å². The molecule has 1 aromatic heterocycles. The first kappa shape index (κ1) is 27.2. The first-order chi connectivity index (χ1) is 18.4. The Hall–Kier alpha value is -3.80. The number of rotatable bonds is 11. The number of aryl methyl sites for hydroxylation is 1. The number of carbonyl (C=O) groups is 1. The van der Waals surface area contributed by atoms with E-state index in [9.17, 15) is 4.79 Å². The number of para-hydroxylation sites is 2. The highest BCUT2D eigenvalue weighted by Crippen LogP contribution is 2.24. The van der Waals surface area contributed by atoms with Crippen LogP contribution in [0, 0.1) is 6.92 Å². The summed E-state index contributed by atoms with van der Waals surface area (Å²) in [5, 5.41) is 2.89. The Bertz CT molecular complexity index is 1360. The monoisotopic (exact) mass is 512 g/mol. The lowest BCUT2D eigenvalue weighted by molar-refractivity contribution is 0.162. The number of carbonyl (C=O) groups excluding carboxylic acids is 1. The van der Waals surface area contributed by atoms with Crippen LogP contribution >= 0.6 is 0 Å². The van der Waals surface area contributed by atoms with Crippen LogP contribution in [0.1, 0.15) is 62.5 Å². The topological polar surface area (TPSA) is 59.4 Å². The van der Waals surface area contributed by atoms with Gasteiger partial charge in [0.2, 0.25) is 0 Å². The van der Waals surface area contributed by atoms with E-state index in [-0.39, 0.29) is 6.61 Å². The van der Waals surface area contributed by atoms with Crippen molar-refractivity contribution >= 4 is 28.5 Å². The molecule has 38 heavy (non-hydrogen) atoms. The standard InChI is InChI=1S/C32H40N4O2/c1-6-23(4)26-15-13-25(14-16-26)22-36-30-12-10-9-11-29(30)33-31(36)19-20-38-32(37)34-28-18-17-27(21-24(28)5)35(7-2)8-3/h9-18,21,23H,6-8,19-20,22H2,1-5H3,(H,34,37). The summed E-state index contributed by atoms with van der Waals surface area (Å²) < 4.78 is 7.79. The van der Waals surface area contributed by atoms with Crippen molar-refractivity contribution in [1.29, 1.82) is 0 Å². The second-order valence-electron chi connectivity index (χ2n) is 9.84. The minimum atomic E-state index is -0.452. The van der Waals surface area contributed by atoms with Crippen LogP contribution in [-0.2, 0) is 17.7 Å². The summed E-state index contributed by atoms with van der Waals surface area (Å²) in [7, 11) is 0. The molecular formula is C32H40N4O2. The number of amides is 1. The van der Waals surface area contributed by atoms with Gasteiger partial charge in [0, 0.05) is 37.4 Å². The molecular weight excluding hydrogens is 472 g/mol. The lowest BCUT2D eigenvalue weighted by atomic mass is 9.98. The third-order valence-corrected chi connectivity index (χ3v) is 7.37. The van der Waals surface area contributed by atoms with Crippen molar-refractivity contribution < 1.29 is 9.53 Å². The van der Waals surface area contributed by atoms with Gasteiger partial charge in [0.25, 0.3) is 0 Å². The maximum Gasteiger partial charge on any atom is 0.411 e. The van der Waals surface area contributed by atoms with Crippen molar-refractivity contribution in [3.05, 3.63) is 89.2 Å². The number of nitrogens with one attached hydrogen (secondary N) is 1. The van der Waals surface area contributed by atoms with E-state index in [1.807, 2.05) is 37.3 Å². The highest BCUT2D eigenvalue weighted by Gasteiger charge is 2.14. The first-order valence-corrected chi connectivity index (χ1v) is 13.8. The van der Waals surface area contributed by atoms with Gasteiger partial charge in [0.1, 0.15) is 12.4 Å². The molecule has 1 unspecified atom stereocenters. The zero-order valence-corrected chi connectivity index (χ0v) is 23.3. The minimum Gasteiger partial charge on any atom is -0.449 e. The highest BCUT2D eigenvalue weighted by atomic mass is 16.5. The van der Waals surface area contributed by atoms with Gasteiger partial charge < -0.3 is 14.2 Å². The molecule has 4 rings (SSSR count). The summed E-state index contributed by atoms with van der Waals surface area (Å²) in [5.74, 6) is 1.46. The lowest BCUT2D eigenvalue weighted by Gasteiger charge is -2.22. The van der Waals surface area contributed by atoms with E-state index < -0.39 is 6.09 Å². The molecule has 1 heterocycles. The highest BCUT2D eigenvalue weighted by molar-refractivity contribution is 5.86. The van der Waals surface area contributed by atoms with Crippen LogP contribution in [0.2, 0.25) is 0 Å². The fraction of sp³-hybridized carbons (Fsp3) is 0.375. The smallest absolute Gasteiger partial charge is 0.411 e. The Morgan fingerprint density at radius 1 is 1.03 bits per heavy atom. The van der Waals surface area contributed by atoms with Crippen LogP contribution in [0.25, 0.3) is 11.0 Å². The molecule has 200 valence electrons. The molecule has 0 bridgehead atoms.